The van der Waals surface area contributed by atoms with Crippen molar-refractivity contribution in [2.75, 3.05) is 41.3 Å². The molecule has 0 saturated carbocycles. The number of benzene rings is 1. The third kappa shape index (κ3) is 6.40. The number of amides is 1. The van der Waals surface area contributed by atoms with Crippen molar-refractivity contribution in [3.8, 4) is 0 Å². The second-order valence-electron chi connectivity index (χ2n) is 10.8. The molecule has 1 atom stereocenters. The van der Waals surface area contributed by atoms with Crippen molar-refractivity contribution in [2.45, 2.75) is 58.7 Å². The van der Waals surface area contributed by atoms with Gasteiger partial charge in [-0.2, -0.15) is 18.2 Å². The number of carbonyl (C=O) groups is 1. The predicted molar refractivity (Wildman–Crippen MR) is 159 cm³/mol. The number of imidazole rings is 1. The molecule has 2 fully saturated rings. The molecule has 0 aliphatic carbocycles. The maximum Gasteiger partial charge on any atom is 0.437 e. The number of halogens is 3. The molecule has 10 nitrogen and oxygen atoms in total. The van der Waals surface area contributed by atoms with E-state index in [0.717, 1.165) is 36.7 Å². The molecule has 0 spiro atoms. The number of piperidine rings is 2. The highest BCUT2D eigenvalue weighted by atomic mass is 19.4. The van der Waals surface area contributed by atoms with Crippen molar-refractivity contribution in [2.24, 2.45) is 5.92 Å². The van der Waals surface area contributed by atoms with Crippen molar-refractivity contribution in [1.29, 1.82) is 0 Å². The maximum atomic E-state index is 13.7. The number of H-pyrrole nitrogens is 1. The van der Waals surface area contributed by atoms with Crippen LogP contribution < -0.4 is 20.8 Å². The summed E-state index contributed by atoms with van der Waals surface area (Å²) in [4.78, 5) is 40.1. The van der Waals surface area contributed by atoms with Crippen LogP contribution in [-0.4, -0.2) is 51.6 Å². The van der Waals surface area contributed by atoms with Gasteiger partial charge in [0.25, 0.3) is 11.9 Å². The Hall–Kier alpha value is -4.29. The third-order valence-electron chi connectivity index (χ3n) is 7.80. The molecule has 6 rings (SSSR count). The lowest BCUT2D eigenvalue weighted by atomic mass is 10.0. The molecule has 3 aromatic heterocycles. The van der Waals surface area contributed by atoms with Gasteiger partial charge in [0.15, 0.2) is 5.69 Å². The Morgan fingerprint density at radius 1 is 1.05 bits per heavy atom. The molecule has 13 heteroatoms. The van der Waals surface area contributed by atoms with Crippen LogP contribution in [0.5, 0.6) is 0 Å². The van der Waals surface area contributed by atoms with E-state index in [2.05, 4.69) is 25.2 Å². The Balaban J connectivity index is 0.00000180. The Labute approximate surface area is 246 Å². The maximum absolute atomic E-state index is 13.7. The van der Waals surface area contributed by atoms with Crippen LogP contribution in [0.3, 0.4) is 0 Å². The number of para-hydroxylation sites is 2. The molecule has 230 valence electrons. The summed E-state index contributed by atoms with van der Waals surface area (Å²) in [5.41, 5.74) is 0.457. The number of oxazole rings is 1. The standard InChI is InChI=1S/C28H30F3N7O3.C2H6/c1-17-5-4-12-37(16-17)27-35-24(28(29,30)31)23(41-27)25(39)33-18-8-9-22(32-15-18)36-13-10-19(11-14-36)38-21-7-3-2-6-20(21)34-26(38)40;1-2/h2-3,6-9,15,17,19H,4-5,10-14,16H2,1H3,(H,33,39)(H,34,40);1-2H3. The molecule has 43 heavy (non-hydrogen) atoms. The summed E-state index contributed by atoms with van der Waals surface area (Å²) >= 11 is 0. The summed E-state index contributed by atoms with van der Waals surface area (Å²) in [6.45, 7) is 8.38. The number of alkyl halides is 3. The van der Waals surface area contributed by atoms with Crippen LogP contribution in [0, 0.1) is 5.92 Å². The number of aromatic amines is 1. The fourth-order valence-corrected chi connectivity index (χ4v) is 5.78. The largest absolute Gasteiger partial charge is 0.437 e. The molecule has 1 unspecified atom stereocenters. The van der Waals surface area contributed by atoms with Gasteiger partial charge in [0, 0.05) is 32.2 Å². The average molecular weight is 600 g/mol. The minimum atomic E-state index is -4.85. The molecular formula is C30H36F3N7O3. The van der Waals surface area contributed by atoms with E-state index in [0.29, 0.717) is 32.0 Å². The molecule has 2 N–H and O–H groups in total. The Morgan fingerprint density at radius 3 is 2.47 bits per heavy atom. The summed E-state index contributed by atoms with van der Waals surface area (Å²) in [7, 11) is 0. The van der Waals surface area contributed by atoms with Gasteiger partial charge >= 0.3 is 11.9 Å². The van der Waals surface area contributed by atoms with Crippen LogP contribution >= 0.6 is 0 Å². The lowest BCUT2D eigenvalue weighted by Crippen LogP contribution is -2.37. The average Bonchev–Trinajstić information content (AvgIpc) is 3.61. The van der Waals surface area contributed by atoms with Crippen molar-refractivity contribution in [3.05, 3.63) is 64.5 Å². The summed E-state index contributed by atoms with van der Waals surface area (Å²) in [5.74, 6) is -0.955. The molecule has 5 heterocycles. The summed E-state index contributed by atoms with van der Waals surface area (Å²) in [5, 5.41) is 2.46. The van der Waals surface area contributed by atoms with Crippen molar-refractivity contribution < 1.29 is 22.4 Å². The van der Waals surface area contributed by atoms with Crippen molar-refractivity contribution >= 4 is 34.5 Å². The number of aromatic nitrogens is 4. The SMILES string of the molecule is CC.CC1CCCN(c2nc(C(F)(F)F)c(C(=O)Nc3ccc(N4CCC(n5c(=O)[nH]c6ccccc65)CC4)nc3)o2)C1. The number of carbonyl (C=O) groups excluding carboxylic acids is 1. The Morgan fingerprint density at radius 2 is 1.79 bits per heavy atom. The molecule has 1 aromatic carbocycles. The first kappa shape index (κ1) is 30.2. The fraction of sp³-hybridized carbons (Fsp3) is 0.467. The number of hydrogen-bond donors (Lipinski definition) is 2. The lowest BCUT2D eigenvalue weighted by molar-refractivity contribution is -0.141. The smallest absolute Gasteiger partial charge is 0.417 e. The minimum Gasteiger partial charge on any atom is -0.417 e. The second-order valence-corrected chi connectivity index (χ2v) is 10.8. The molecular weight excluding hydrogens is 563 g/mol. The van der Waals surface area contributed by atoms with E-state index in [1.165, 1.54) is 6.20 Å². The molecule has 0 radical (unpaired) electrons. The van der Waals surface area contributed by atoms with Gasteiger partial charge in [-0.25, -0.2) is 9.78 Å². The molecule has 2 saturated heterocycles. The van der Waals surface area contributed by atoms with E-state index in [1.54, 1.807) is 17.0 Å². The number of hydrogen-bond acceptors (Lipinski definition) is 7. The topological polar surface area (TPSA) is 112 Å². The van der Waals surface area contributed by atoms with Gasteiger partial charge in [-0.05, 0) is 55.9 Å². The Kier molecular flexibility index (Phi) is 8.79. The van der Waals surface area contributed by atoms with Crippen LogP contribution in [0.2, 0.25) is 0 Å². The quantitative estimate of drug-likeness (QED) is 0.286. The van der Waals surface area contributed by atoms with Gasteiger partial charge in [-0.15, -0.1) is 0 Å². The van der Waals surface area contributed by atoms with Gasteiger partial charge in [-0.3, -0.25) is 9.36 Å². The van der Waals surface area contributed by atoms with E-state index in [1.807, 2.05) is 49.6 Å². The van der Waals surface area contributed by atoms with Crippen molar-refractivity contribution in [3.63, 3.8) is 0 Å². The Bertz CT molecular complexity index is 1600. The van der Waals surface area contributed by atoms with Crippen LogP contribution in [0.1, 0.15) is 68.7 Å². The number of rotatable bonds is 5. The van der Waals surface area contributed by atoms with Crippen LogP contribution in [0.4, 0.5) is 30.7 Å². The lowest BCUT2D eigenvalue weighted by Gasteiger charge is -2.33. The summed E-state index contributed by atoms with van der Waals surface area (Å²) < 4.78 is 48.4. The molecule has 2 aliphatic rings. The van der Waals surface area contributed by atoms with Gasteiger partial charge in [0.05, 0.1) is 22.9 Å². The van der Waals surface area contributed by atoms with Gasteiger partial charge in [0.1, 0.15) is 5.82 Å². The second kappa shape index (κ2) is 12.5. The normalized spacial score (nSPS) is 18.0. The first-order valence-electron chi connectivity index (χ1n) is 14.7. The zero-order valence-corrected chi connectivity index (χ0v) is 24.4. The van der Waals surface area contributed by atoms with E-state index in [4.69, 9.17) is 4.42 Å². The number of fused-ring (bicyclic) bond motifs is 1. The first-order chi connectivity index (χ1) is 20.7. The fourth-order valence-electron chi connectivity index (χ4n) is 5.78. The third-order valence-corrected chi connectivity index (χ3v) is 7.80. The molecule has 2 aliphatic heterocycles. The zero-order chi connectivity index (χ0) is 30.7. The summed E-state index contributed by atoms with van der Waals surface area (Å²) in [6.07, 6.45) is -0.175. The van der Waals surface area contributed by atoms with E-state index < -0.39 is 23.5 Å². The number of anilines is 3. The van der Waals surface area contributed by atoms with Crippen LogP contribution in [0.15, 0.2) is 51.8 Å². The first-order valence-corrected chi connectivity index (χ1v) is 14.7. The van der Waals surface area contributed by atoms with Crippen LogP contribution in [-0.2, 0) is 6.18 Å². The number of nitrogens with one attached hydrogen (secondary N) is 2. The van der Waals surface area contributed by atoms with Gasteiger partial charge in [-0.1, -0.05) is 32.9 Å². The summed E-state index contributed by atoms with van der Waals surface area (Å²) in [6, 6.07) is 10.8. The zero-order valence-electron chi connectivity index (χ0n) is 24.4. The van der Waals surface area contributed by atoms with Crippen LogP contribution in [0.25, 0.3) is 11.0 Å². The molecule has 0 bridgehead atoms. The van der Waals surface area contributed by atoms with Gasteiger partial charge in [0.2, 0.25) is 5.76 Å². The van der Waals surface area contributed by atoms with E-state index >= 15 is 0 Å². The minimum absolute atomic E-state index is 0.0521. The number of pyridine rings is 1. The highest BCUT2D eigenvalue weighted by molar-refractivity contribution is 6.03. The van der Waals surface area contributed by atoms with Gasteiger partial charge < -0.3 is 24.5 Å². The van der Waals surface area contributed by atoms with E-state index in [-0.39, 0.29) is 29.4 Å². The monoisotopic (exact) mass is 599 g/mol. The highest BCUT2D eigenvalue weighted by Gasteiger charge is 2.42. The predicted octanol–water partition coefficient (Wildman–Crippen LogP) is 6.09. The molecule has 4 aromatic rings. The number of nitrogens with zero attached hydrogens (tertiary/aromatic N) is 5. The van der Waals surface area contributed by atoms with E-state index in [9.17, 15) is 22.8 Å². The molecule has 1 amide bonds. The highest BCUT2D eigenvalue weighted by Crippen LogP contribution is 2.35. The van der Waals surface area contributed by atoms with Crippen molar-refractivity contribution in [1.82, 2.24) is 19.5 Å².